The fourth-order valence-corrected chi connectivity index (χ4v) is 2.58. The first kappa shape index (κ1) is 16.2. The van der Waals surface area contributed by atoms with Crippen LogP contribution >= 0.6 is 0 Å². The van der Waals surface area contributed by atoms with Gasteiger partial charge in [-0.25, -0.2) is 9.18 Å². The van der Waals surface area contributed by atoms with E-state index in [-0.39, 0.29) is 18.5 Å². The zero-order valence-electron chi connectivity index (χ0n) is 12.6. The molecule has 22 heavy (non-hydrogen) atoms. The van der Waals surface area contributed by atoms with Gasteiger partial charge in [-0.2, -0.15) is 0 Å². The summed E-state index contributed by atoms with van der Waals surface area (Å²) in [6.07, 6.45) is 0.370. The minimum Gasteiger partial charge on any atom is -0.479 e. The molecule has 2 N–H and O–H groups in total. The molecule has 2 rings (SSSR count). The van der Waals surface area contributed by atoms with Crippen LogP contribution in [0.4, 0.5) is 4.39 Å². The number of H-pyrrole nitrogens is 1. The third kappa shape index (κ3) is 3.35. The lowest BCUT2D eigenvalue weighted by Crippen LogP contribution is -2.39. The van der Waals surface area contributed by atoms with Crippen molar-refractivity contribution in [1.29, 1.82) is 0 Å². The molecule has 120 valence electrons. The molecule has 1 atom stereocenters. The van der Waals surface area contributed by atoms with Gasteiger partial charge in [-0.15, -0.1) is 0 Å². The molecule has 0 radical (unpaired) electrons. The van der Waals surface area contributed by atoms with E-state index in [1.54, 1.807) is 6.07 Å². The third-order valence-corrected chi connectivity index (χ3v) is 3.67. The fraction of sp³-hybridized carbons (Fsp3) is 0.533. The molecular weight excluding hydrogens is 291 g/mol. The molecule has 0 bridgehead atoms. The van der Waals surface area contributed by atoms with Gasteiger partial charge in [0.15, 0.2) is 0 Å². The Morgan fingerprint density at radius 3 is 2.68 bits per heavy atom. The van der Waals surface area contributed by atoms with E-state index in [1.807, 2.05) is 13.8 Å². The monoisotopic (exact) mass is 310 g/mol. The Balaban J connectivity index is 2.22. The minimum absolute atomic E-state index is 0.0218. The van der Waals surface area contributed by atoms with Gasteiger partial charge in [0.05, 0.1) is 6.54 Å². The van der Waals surface area contributed by atoms with Crippen molar-refractivity contribution in [2.24, 2.45) is 5.92 Å². The summed E-state index contributed by atoms with van der Waals surface area (Å²) in [4.78, 5) is 38.7. The molecule has 1 fully saturated rings. The predicted octanol–water partition coefficient (Wildman–Crippen LogP) is 1.21. The Labute approximate surface area is 126 Å². The standard InChI is InChI=1S/C15H19FN2O4/c1-9(2)5-11-6-10(7-12(19)17-11)13(20)18-4-3-15(16,8-18)14(21)22/h6-7,9H,3-5,8H2,1-2H3,(H,17,19)(H,21,22)/t15-/m1/s1. The van der Waals surface area contributed by atoms with Crippen molar-refractivity contribution in [3.05, 3.63) is 33.7 Å². The van der Waals surface area contributed by atoms with Gasteiger partial charge >= 0.3 is 5.97 Å². The Morgan fingerprint density at radius 2 is 2.14 bits per heavy atom. The van der Waals surface area contributed by atoms with E-state index in [1.165, 1.54) is 0 Å². The highest BCUT2D eigenvalue weighted by Crippen LogP contribution is 2.27. The van der Waals surface area contributed by atoms with Crippen LogP contribution in [0.2, 0.25) is 0 Å². The number of nitrogens with one attached hydrogen (secondary N) is 1. The number of carbonyl (C=O) groups is 2. The lowest BCUT2D eigenvalue weighted by Gasteiger charge is -2.18. The molecule has 1 amide bonds. The van der Waals surface area contributed by atoms with Gasteiger partial charge in [-0.3, -0.25) is 9.59 Å². The van der Waals surface area contributed by atoms with Gasteiger partial charge in [-0.1, -0.05) is 13.8 Å². The Bertz CT molecular complexity index is 655. The Kier molecular flexibility index (Phi) is 4.35. The van der Waals surface area contributed by atoms with Crippen LogP contribution in [0.3, 0.4) is 0 Å². The molecule has 1 aliphatic heterocycles. The topological polar surface area (TPSA) is 90.5 Å². The smallest absolute Gasteiger partial charge is 0.343 e. The molecule has 0 aliphatic carbocycles. The minimum atomic E-state index is -2.41. The van der Waals surface area contributed by atoms with Crippen LogP contribution in [-0.2, 0) is 11.2 Å². The van der Waals surface area contributed by atoms with E-state index >= 15 is 0 Å². The first-order chi connectivity index (χ1) is 10.2. The summed E-state index contributed by atoms with van der Waals surface area (Å²) in [6.45, 7) is 3.50. The number of aromatic nitrogens is 1. The lowest BCUT2D eigenvalue weighted by atomic mass is 10.1. The molecule has 1 aromatic heterocycles. The van der Waals surface area contributed by atoms with E-state index < -0.39 is 29.6 Å². The summed E-state index contributed by atoms with van der Waals surface area (Å²) in [7, 11) is 0. The zero-order valence-corrected chi connectivity index (χ0v) is 12.6. The van der Waals surface area contributed by atoms with Crippen molar-refractivity contribution in [3.8, 4) is 0 Å². The summed E-state index contributed by atoms with van der Waals surface area (Å²) in [5.74, 6) is -1.77. The number of carboxylic acid groups (broad SMARTS) is 1. The van der Waals surface area contributed by atoms with E-state index in [0.29, 0.717) is 18.0 Å². The average Bonchev–Trinajstić information content (AvgIpc) is 2.80. The summed E-state index contributed by atoms with van der Waals surface area (Å²) in [6, 6.07) is 2.73. The van der Waals surface area contributed by atoms with Gasteiger partial charge in [0, 0.05) is 30.3 Å². The van der Waals surface area contributed by atoms with E-state index in [9.17, 15) is 18.8 Å². The molecule has 1 aliphatic rings. The van der Waals surface area contributed by atoms with Gasteiger partial charge in [-0.05, 0) is 18.4 Å². The molecular formula is C15H19FN2O4. The number of likely N-dealkylation sites (tertiary alicyclic amines) is 1. The number of carboxylic acids is 1. The molecule has 0 aromatic carbocycles. The number of aliphatic carboxylic acids is 1. The van der Waals surface area contributed by atoms with Crippen molar-refractivity contribution in [3.63, 3.8) is 0 Å². The lowest BCUT2D eigenvalue weighted by molar-refractivity contribution is -0.149. The van der Waals surface area contributed by atoms with Crippen molar-refractivity contribution in [2.45, 2.75) is 32.4 Å². The van der Waals surface area contributed by atoms with E-state index in [4.69, 9.17) is 5.11 Å². The zero-order chi connectivity index (χ0) is 16.5. The molecule has 0 saturated carbocycles. The number of hydrogen-bond donors (Lipinski definition) is 2. The number of hydrogen-bond acceptors (Lipinski definition) is 3. The molecule has 1 aromatic rings. The van der Waals surface area contributed by atoms with Crippen LogP contribution in [-0.4, -0.2) is 45.6 Å². The number of rotatable bonds is 4. The van der Waals surface area contributed by atoms with Crippen molar-refractivity contribution >= 4 is 11.9 Å². The number of pyridine rings is 1. The number of halogens is 1. The fourth-order valence-electron chi connectivity index (χ4n) is 2.58. The van der Waals surface area contributed by atoms with Crippen LogP contribution in [0, 0.1) is 5.92 Å². The van der Waals surface area contributed by atoms with Gasteiger partial charge in [0.1, 0.15) is 0 Å². The highest BCUT2D eigenvalue weighted by atomic mass is 19.1. The number of aromatic amines is 1. The highest BCUT2D eigenvalue weighted by molar-refractivity contribution is 5.95. The summed E-state index contributed by atoms with van der Waals surface area (Å²) in [5.41, 5.74) is -2.01. The number of amides is 1. The van der Waals surface area contributed by atoms with Gasteiger partial charge < -0.3 is 15.0 Å². The second-order valence-electron chi connectivity index (χ2n) is 6.10. The molecule has 0 unspecified atom stereocenters. The predicted molar refractivity (Wildman–Crippen MR) is 77.6 cm³/mol. The SMILES string of the molecule is CC(C)Cc1cc(C(=O)N2CC[C@](F)(C(=O)O)C2)cc(=O)[nH]1. The molecule has 7 heteroatoms. The molecule has 2 heterocycles. The van der Waals surface area contributed by atoms with Crippen LogP contribution in [0.15, 0.2) is 16.9 Å². The third-order valence-electron chi connectivity index (χ3n) is 3.67. The summed E-state index contributed by atoms with van der Waals surface area (Å²) in [5, 5.41) is 8.86. The Hall–Kier alpha value is -2.18. The maximum absolute atomic E-state index is 14.0. The second-order valence-corrected chi connectivity index (χ2v) is 6.10. The summed E-state index contributed by atoms with van der Waals surface area (Å²) >= 11 is 0. The van der Waals surface area contributed by atoms with Crippen molar-refractivity contribution < 1.29 is 19.1 Å². The van der Waals surface area contributed by atoms with E-state index in [0.717, 1.165) is 11.0 Å². The van der Waals surface area contributed by atoms with Crippen molar-refractivity contribution in [1.82, 2.24) is 9.88 Å². The van der Waals surface area contributed by atoms with Crippen molar-refractivity contribution in [2.75, 3.05) is 13.1 Å². The first-order valence-corrected chi connectivity index (χ1v) is 7.16. The van der Waals surface area contributed by atoms with Crippen LogP contribution in [0.1, 0.15) is 36.3 Å². The van der Waals surface area contributed by atoms with Crippen LogP contribution in [0.5, 0.6) is 0 Å². The van der Waals surface area contributed by atoms with Crippen LogP contribution in [0.25, 0.3) is 0 Å². The molecule has 1 saturated heterocycles. The van der Waals surface area contributed by atoms with Crippen LogP contribution < -0.4 is 5.56 Å². The highest BCUT2D eigenvalue weighted by Gasteiger charge is 2.47. The second kappa shape index (κ2) is 5.90. The normalized spacial score (nSPS) is 21.4. The van der Waals surface area contributed by atoms with E-state index in [2.05, 4.69) is 4.98 Å². The maximum Gasteiger partial charge on any atom is 0.343 e. The Morgan fingerprint density at radius 1 is 1.45 bits per heavy atom. The largest absolute Gasteiger partial charge is 0.479 e. The maximum atomic E-state index is 14.0. The quantitative estimate of drug-likeness (QED) is 0.874. The molecule has 6 nitrogen and oxygen atoms in total. The van der Waals surface area contributed by atoms with Gasteiger partial charge in [0.2, 0.25) is 11.2 Å². The molecule has 0 spiro atoms. The average molecular weight is 310 g/mol. The summed E-state index contributed by atoms with van der Waals surface area (Å²) < 4.78 is 14.0. The van der Waals surface area contributed by atoms with Gasteiger partial charge in [0.25, 0.3) is 5.91 Å². The number of alkyl halides is 1. The first-order valence-electron chi connectivity index (χ1n) is 7.16. The number of carbonyl (C=O) groups excluding carboxylic acids is 1. The number of nitrogens with zero attached hydrogens (tertiary/aromatic N) is 1.